The average Bonchev–Trinajstić information content (AvgIpc) is 2.83. The van der Waals surface area contributed by atoms with Crippen LogP contribution in [-0.4, -0.2) is 45.3 Å². The summed E-state index contributed by atoms with van der Waals surface area (Å²) in [7, 11) is -3.57. The minimum atomic E-state index is -3.57. The molecule has 1 saturated carbocycles. The number of anilines is 1. The highest BCUT2D eigenvalue weighted by atomic mass is 32.2. The van der Waals surface area contributed by atoms with Gasteiger partial charge in [0.1, 0.15) is 12.4 Å². The monoisotopic (exact) mass is 505 g/mol. The highest BCUT2D eigenvalue weighted by Gasteiger charge is 2.21. The molecule has 1 aliphatic rings. The Kier molecular flexibility index (Phi) is 9.82. The van der Waals surface area contributed by atoms with Crippen molar-refractivity contribution in [1.82, 2.24) is 10.0 Å². The smallest absolute Gasteiger partial charge is 0.257 e. The van der Waals surface area contributed by atoms with E-state index in [1.165, 1.54) is 12.1 Å². The summed E-state index contributed by atoms with van der Waals surface area (Å²) in [6, 6.07) is 13.0. The summed E-state index contributed by atoms with van der Waals surface area (Å²) in [5, 5.41) is 5.62. The van der Waals surface area contributed by atoms with E-state index in [4.69, 9.17) is 21.7 Å². The molecule has 0 atom stereocenters. The van der Waals surface area contributed by atoms with Crippen LogP contribution in [0.3, 0.4) is 0 Å². The second kappa shape index (κ2) is 12.8. The molecule has 0 aromatic heterocycles. The van der Waals surface area contributed by atoms with Crippen LogP contribution in [0.25, 0.3) is 0 Å². The van der Waals surface area contributed by atoms with Crippen molar-refractivity contribution in [1.29, 1.82) is 0 Å². The van der Waals surface area contributed by atoms with E-state index in [1.807, 2.05) is 6.92 Å². The molecule has 34 heavy (non-hydrogen) atoms. The Morgan fingerprint density at radius 2 is 1.68 bits per heavy atom. The molecule has 184 valence electrons. The number of amides is 1. The fourth-order valence-corrected chi connectivity index (χ4v) is 5.14. The van der Waals surface area contributed by atoms with E-state index < -0.39 is 10.0 Å². The summed E-state index contributed by atoms with van der Waals surface area (Å²) in [5.41, 5.74) is 0.997. The van der Waals surface area contributed by atoms with Crippen LogP contribution in [0.4, 0.5) is 5.69 Å². The molecule has 2 aromatic carbocycles. The van der Waals surface area contributed by atoms with Gasteiger partial charge in [-0.1, -0.05) is 19.3 Å². The molecule has 1 fully saturated rings. The Hall–Kier alpha value is -2.53. The number of carbonyl (C=O) groups excluding carboxylic acids is 1. The Morgan fingerprint density at radius 3 is 2.32 bits per heavy atom. The van der Waals surface area contributed by atoms with Crippen molar-refractivity contribution in [2.45, 2.75) is 50.0 Å². The average molecular weight is 506 g/mol. The molecule has 0 unspecified atom stereocenters. The minimum Gasteiger partial charge on any atom is -0.491 e. The van der Waals surface area contributed by atoms with Crippen molar-refractivity contribution < 1.29 is 22.7 Å². The number of thiocarbonyl (C=S) groups is 1. The molecule has 1 amide bonds. The molecule has 0 bridgehead atoms. The number of hydrogen-bond donors (Lipinski definition) is 3. The molecule has 0 aliphatic heterocycles. The summed E-state index contributed by atoms with van der Waals surface area (Å²) in [4.78, 5) is 12.6. The summed E-state index contributed by atoms with van der Waals surface area (Å²) in [6.45, 7) is 3.49. The molecule has 0 radical (unpaired) electrons. The van der Waals surface area contributed by atoms with E-state index in [9.17, 15) is 13.2 Å². The lowest BCUT2D eigenvalue weighted by molar-refractivity contribution is 0.0977. The third kappa shape index (κ3) is 8.05. The van der Waals surface area contributed by atoms with E-state index in [1.54, 1.807) is 36.4 Å². The van der Waals surface area contributed by atoms with Gasteiger partial charge in [-0.25, -0.2) is 13.1 Å². The lowest BCUT2D eigenvalue weighted by atomic mass is 9.96. The van der Waals surface area contributed by atoms with Gasteiger partial charge < -0.3 is 14.8 Å². The molecular weight excluding hydrogens is 474 g/mol. The van der Waals surface area contributed by atoms with Crippen molar-refractivity contribution in [3.63, 3.8) is 0 Å². The molecule has 0 saturated heterocycles. The number of sulfonamides is 1. The van der Waals surface area contributed by atoms with E-state index in [2.05, 4.69) is 15.4 Å². The van der Waals surface area contributed by atoms with Gasteiger partial charge in [0.05, 0.1) is 11.5 Å². The van der Waals surface area contributed by atoms with Crippen LogP contribution in [0.5, 0.6) is 5.75 Å². The Balaban J connectivity index is 1.49. The highest BCUT2D eigenvalue weighted by molar-refractivity contribution is 7.89. The Morgan fingerprint density at radius 1 is 1.00 bits per heavy atom. The van der Waals surface area contributed by atoms with E-state index in [0.717, 1.165) is 32.1 Å². The molecule has 3 N–H and O–H groups in total. The standard InChI is InChI=1S/C24H31N3O5S2/c1-2-31-16-17-32-21-12-8-18(9-13-21)23(28)26-24(33)25-19-10-14-22(15-11-19)34(29,30)27-20-6-4-3-5-7-20/h8-15,20,27H,2-7,16-17H2,1H3,(H2,25,26,28,33). The zero-order valence-corrected chi connectivity index (χ0v) is 20.8. The van der Waals surface area contributed by atoms with Gasteiger partial charge in [0.2, 0.25) is 10.0 Å². The van der Waals surface area contributed by atoms with Crippen molar-refractivity contribution in [2.75, 3.05) is 25.1 Å². The SMILES string of the molecule is CCOCCOc1ccc(C(=O)NC(=S)Nc2ccc(S(=O)(=O)NC3CCCCC3)cc2)cc1. The van der Waals surface area contributed by atoms with Crippen LogP contribution < -0.4 is 20.1 Å². The van der Waals surface area contributed by atoms with E-state index >= 15 is 0 Å². The summed E-state index contributed by atoms with van der Waals surface area (Å²) in [6.07, 6.45) is 4.99. The quantitative estimate of drug-likeness (QED) is 0.333. The molecule has 3 rings (SSSR count). The first-order chi connectivity index (χ1) is 16.4. The summed E-state index contributed by atoms with van der Waals surface area (Å²) >= 11 is 5.22. The Bertz CT molecular complexity index is 1050. The number of ether oxygens (including phenoxy) is 2. The van der Waals surface area contributed by atoms with Gasteiger partial charge in [0.25, 0.3) is 5.91 Å². The van der Waals surface area contributed by atoms with Gasteiger partial charge in [-0.05, 0) is 80.5 Å². The first-order valence-corrected chi connectivity index (χ1v) is 13.3. The number of rotatable bonds is 10. The van der Waals surface area contributed by atoms with Gasteiger partial charge in [0, 0.05) is 23.9 Å². The fourth-order valence-electron chi connectivity index (χ4n) is 3.63. The first-order valence-electron chi connectivity index (χ1n) is 11.4. The third-order valence-electron chi connectivity index (χ3n) is 5.39. The second-order valence-corrected chi connectivity index (χ2v) is 10.1. The van der Waals surface area contributed by atoms with Gasteiger partial charge in [0.15, 0.2) is 5.11 Å². The summed E-state index contributed by atoms with van der Waals surface area (Å²) in [5.74, 6) is 0.277. The molecule has 8 nitrogen and oxygen atoms in total. The van der Waals surface area contributed by atoms with Crippen molar-refractivity contribution in [2.24, 2.45) is 0 Å². The third-order valence-corrected chi connectivity index (χ3v) is 7.13. The number of benzene rings is 2. The maximum atomic E-state index is 12.6. The summed E-state index contributed by atoms with van der Waals surface area (Å²) < 4.78 is 38.8. The maximum Gasteiger partial charge on any atom is 0.257 e. The van der Waals surface area contributed by atoms with Gasteiger partial charge >= 0.3 is 0 Å². The van der Waals surface area contributed by atoms with Gasteiger partial charge in [-0.3, -0.25) is 10.1 Å². The maximum absolute atomic E-state index is 12.6. The predicted octanol–water partition coefficient (Wildman–Crippen LogP) is 3.84. The molecular formula is C24H31N3O5S2. The fraction of sp³-hybridized carbons (Fsp3) is 0.417. The van der Waals surface area contributed by atoms with Crippen molar-refractivity contribution in [3.8, 4) is 5.75 Å². The minimum absolute atomic E-state index is 0.00459. The molecule has 0 spiro atoms. The topological polar surface area (TPSA) is 106 Å². The largest absolute Gasteiger partial charge is 0.491 e. The molecule has 2 aromatic rings. The first kappa shape index (κ1) is 26.1. The number of nitrogens with one attached hydrogen (secondary N) is 3. The van der Waals surface area contributed by atoms with Crippen LogP contribution in [0.1, 0.15) is 49.4 Å². The zero-order chi connectivity index (χ0) is 24.4. The van der Waals surface area contributed by atoms with Crippen molar-refractivity contribution in [3.05, 3.63) is 54.1 Å². The van der Waals surface area contributed by atoms with E-state index in [0.29, 0.717) is 36.8 Å². The second-order valence-electron chi connectivity index (χ2n) is 7.96. The predicted molar refractivity (Wildman–Crippen MR) is 136 cm³/mol. The van der Waals surface area contributed by atoms with E-state index in [-0.39, 0.29) is 22.0 Å². The van der Waals surface area contributed by atoms with Crippen LogP contribution in [0, 0.1) is 0 Å². The lowest BCUT2D eigenvalue weighted by Gasteiger charge is -2.22. The van der Waals surface area contributed by atoms with Crippen LogP contribution >= 0.6 is 12.2 Å². The number of carbonyl (C=O) groups is 1. The van der Waals surface area contributed by atoms with Crippen LogP contribution in [0.15, 0.2) is 53.4 Å². The zero-order valence-electron chi connectivity index (χ0n) is 19.2. The highest BCUT2D eigenvalue weighted by Crippen LogP contribution is 2.21. The Labute approximate surface area is 206 Å². The van der Waals surface area contributed by atoms with Gasteiger partial charge in [-0.2, -0.15) is 0 Å². The van der Waals surface area contributed by atoms with Crippen molar-refractivity contribution >= 4 is 38.9 Å². The van der Waals surface area contributed by atoms with Crippen LogP contribution in [0.2, 0.25) is 0 Å². The lowest BCUT2D eigenvalue weighted by Crippen LogP contribution is -2.36. The molecule has 0 heterocycles. The molecule has 10 heteroatoms. The number of hydrogen-bond acceptors (Lipinski definition) is 6. The molecule has 1 aliphatic carbocycles. The van der Waals surface area contributed by atoms with Gasteiger partial charge in [-0.15, -0.1) is 0 Å². The normalized spacial score (nSPS) is 14.4. The van der Waals surface area contributed by atoms with Crippen LogP contribution in [-0.2, 0) is 14.8 Å².